The van der Waals surface area contributed by atoms with Gasteiger partial charge in [0.1, 0.15) is 11.6 Å². The summed E-state index contributed by atoms with van der Waals surface area (Å²) in [5.74, 6) is 0.332. The third-order valence-electron chi connectivity index (χ3n) is 3.92. The zero-order valence-electron chi connectivity index (χ0n) is 12.5. The summed E-state index contributed by atoms with van der Waals surface area (Å²) in [5, 5.41) is 5.01. The summed E-state index contributed by atoms with van der Waals surface area (Å²) < 4.78 is 42.0. The van der Waals surface area contributed by atoms with Crippen molar-refractivity contribution in [1.82, 2.24) is 4.90 Å². The number of halogens is 1. The van der Waals surface area contributed by atoms with Gasteiger partial charge in [0.05, 0.1) is 23.4 Å². The Morgan fingerprint density at radius 1 is 1.17 bits per heavy atom. The molecule has 6 nitrogen and oxygen atoms in total. The van der Waals surface area contributed by atoms with Gasteiger partial charge < -0.3 is 9.32 Å². The Labute approximate surface area is 134 Å². The molecule has 2 N–H and O–H groups in total. The van der Waals surface area contributed by atoms with E-state index in [1.807, 2.05) is 17.0 Å². The van der Waals surface area contributed by atoms with Crippen molar-refractivity contribution in [2.75, 3.05) is 31.1 Å². The van der Waals surface area contributed by atoms with Crippen molar-refractivity contribution in [2.45, 2.75) is 11.4 Å². The van der Waals surface area contributed by atoms with Crippen LogP contribution in [0.1, 0.15) is 5.76 Å². The van der Waals surface area contributed by atoms with Gasteiger partial charge in [-0.25, -0.2) is 17.9 Å². The van der Waals surface area contributed by atoms with Crippen molar-refractivity contribution in [3.05, 3.63) is 48.2 Å². The largest absolute Gasteiger partial charge is 0.468 e. The highest BCUT2D eigenvalue weighted by molar-refractivity contribution is 7.89. The molecule has 0 bridgehead atoms. The van der Waals surface area contributed by atoms with Crippen molar-refractivity contribution in [3.63, 3.8) is 0 Å². The van der Waals surface area contributed by atoms with E-state index in [1.165, 1.54) is 12.1 Å². The van der Waals surface area contributed by atoms with E-state index in [-0.39, 0.29) is 4.90 Å². The van der Waals surface area contributed by atoms with Crippen LogP contribution in [0.3, 0.4) is 0 Å². The molecule has 0 aliphatic carbocycles. The minimum Gasteiger partial charge on any atom is -0.468 e. The lowest BCUT2D eigenvalue weighted by Gasteiger charge is -2.35. The van der Waals surface area contributed by atoms with Crippen LogP contribution in [0.15, 0.2) is 45.9 Å². The van der Waals surface area contributed by atoms with Crippen molar-refractivity contribution in [3.8, 4) is 0 Å². The molecule has 124 valence electrons. The van der Waals surface area contributed by atoms with E-state index < -0.39 is 15.8 Å². The predicted octanol–water partition coefficient (Wildman–Crippen LogP) is 1.39. The number of rotatable bonds is 4. The van der Waals surface area contributed by atoms with Crippen molar-refractivity contribution in [2.24, 2.45) is 5.14 Å². The normalized spacial score (nSPS) is 16.7. The quantitative estimate of drug-likeness (QED) is 0.910. The van der Waals surface area contributed by atoms with Crippen LogP contribution in [0.5, 0.6) is 0 Å². The van der Waals surface area contributed by atoms with Crippen molar-refractivity contribution in [1.29, 1.82) is 0 Å². The molecule has 1 fully saturated rings. The zero-order valence-corrected chi connectivity index (χ0v) is 13.3. The average Bonchev–Trinajstić information content (AvgIpc) is 3.00. The number of anilines is 1. The molecular formula is C15H18FN3O3S. The molecule has 3 rings (SSSR count). The van der Waals surface area contributed by atoms with Crippen LogP contribution < -0.4 is 10.0 Å². The monoisotopic (exact) mass is 339 g/mol. The van der Waals surface area contributed by atoms with Crippen LogP contribution in [0.4, 0.5) is 10.1 Å². The van der Waals surface area contributed by atoms with E-state index in [0.717, 1.165) is 31.5 Å². The van der Waals surface area contributed by atoms with Gasteiger partial charge in [-0.1, -0.05) is 0 Å². The van der Waals surface area contributed by atoms with E-state index in [1.54, 1.807) is 6.26 Å². The van der Waals surface area contributed by atoms with Gasteiger partial charge in [-0.3, -0.25) is 4.90 Å². The third-order valence-corrected chi connectivity index (χ3v) is 4.83. The van der Waals surface area contributed by atoms with Gasteiger partial charge in [-0.05, 0) is 30.3 Å². The molecule has 0 atom stereocenters. The molecule has 0 radical (unpaired) electrons. The fraction of sp³-hybridized carbons (Fsp3) is 0.333. The lowest BCUT2D eigenvalue weighted by molar-refractivity contribution is 0.230. The van der Waals surface area contributed by atoms with Crippen LogP contribution in [0.25, 0.3) is 0 Å². The van der Waals surface area contributed by atoms with Gasteiger partial charge in [-0.15, -0.1) is 0 Å². The summed E-state index contributed by atoms with van der Waals surface area (Å²) in [5.41, 5.74) is 0.398. The highest BCUT2D eigenvalue weighted by atomic mass is 32.2. The molecule has 0 saturated carbocycles. The molecule has 1 aromatic heterocycles. The molecule has 0 spiro atoms. The smallest absolute Gasteiger partial charge is 0.238 e. The lowest BCUT2D eigenvalue weighted by Crippen LogP contribution is -2.46. The highest BCUT2D eigenvalue weighted by Crippen LogP contribution is 2.23. The average molecular weight is 339 g/mol. The van der Waals surface area contributed by atoms with Crippen molar-refractivity contribution < 1.29 is 17.2 Å². The number of nitrogens with two attached hydrogens (primary N) is 1. The fourth-order valence-corrected chi connectivity index (χ4v) is 3.22. The Balaban J connectivity index is 1.65. The number of benzene rings is 1. The summed E-state index contributed by atoms with van der Waals surface area (Å²) in [6, 6.07) is 7.56. The molecule has 1 aliphatic rings. The molecule has 2 aromatic rings. The second kappa shape index (κ2) is 6.31. The Morgan fingerprint density at radius 2 is 1.91 bits per heavy atom. The number of nitrogens with zero attached hydrogens (tertiary/aromatic N) is 2. The molecule has 23 heavy (non-hydrogen) atoms. The number of primary sulfonamides is 1. The summed E-state index contributed by atoms with van der Waals surface area (Å²) in [6.45, 7) is 3.60. The van der Waals surface area contributed by atoms with Crippen LogP contribution in [-0.4, -0.2) is 39.5 Å². The van der Waals surface area contributed by atoms with E-state index in [2.05, 4.69) is 4.90 Å². The maximum Gasteiger partial charge on any atom is 0.238 e. The number of sulfonamides is 1. The molecule has 1 saturated heterocycles. The Bertz CT molecular complexity index is 769. The Kier molecular flexibility index (Phi) is 4.38. The first-order valence-electron chi connectivity index (χ1n) is 7.25. The van der Waals surface area contributed by atoms with Gasteiger partial charge in [0.2, 0.25) is 10.0 Å². The van der Waals surface area contributed by atoms with E-state index in [4.69, 9.17) is 9.56 Å². The minimum absolute atomic E-state index is 0.213. The summed E-state index contributed by atoms with van der Waals surface area (Å²) in [6.07, 6.45) is 1.65. The first-order valence-corrected chi connectivity index (χ1v) is 8.80. The van der Waals surface area contributed by atoms with Gasteiger partial charge in [0, 0.05) is 26.2 Å². The second-order valence-corrected chi connectivity index (χ2v) is 7.06. The van der Waals surface area contributed by atoms with Crippen LogP contribution in [-0.2, 0) is 16.6 Å². The maximum atomic E-state index is 14.2. The number of hydrogen-bond acceptors (Lipinski definition) is 5. The molecule has 2 heterocycles. The van der Waals surface area contributed by atoms with E-state index >= 15 is 0 Å². The molecule has 1 aliphatic heterocycles. The molecule has 1 aromatic carbocycles. The molecule has 8 heteroatoms. The van der Waals surface area contributed by atoms with Gasteiger partial charge >= 0.3 is 0 Å². The van der Waals surface area contributed by atoms with Gasteiger partial charge in [0.25, 0.3) is 0 Å². The van der Waals surface area contributed by atoms with Crippen LogP contribution >= 0.6 is 0 Å². The number of hydrogen-bond donors (Lipinski definition) is 1. The predicted molar refractivity (Wildman–Crippen MR) is 84.0 cm³/mol. The zero-order chi connectivity index (χ0) is 16.4. The standard InChI is InChI=1S/C15H18FN3O3S/c16-14-10-13(23(17,20)21)3-4-15(14)19-7-5-18(6-8-19)11-12-2-1-9-22-12/h1-4,9-10H,5-8,11H2,(H2,17,20,21). The Morgan fingerprint density at radius 3 is 2.48 bits per heavy atom. The topological polar surface area (TPSA) is 79.8 Å². The fourth-order valence-electron chi connectivity index (χ4n) is 2.69. The summed E-state index contributed by atoms with van der Waals surface area (Å²) in [7, 11) is -3.89. The number of piperazine rings is 1. The number of furan rings is 1. The maximum absolute atomic E-state index is 14.2. The summed E-state index contributed by atoms with van der Waals surface area (Å²) in [4.78, 5) is 3.92. The van der Waals surface area contributed by atoms with Crippen LogP contribution in [0, 0.1) is 5.82 Å². The lowest BCUT2D eigenvalue weighted by atomic mass is 10.2. The first-order chi connectivity index (χ1) is 10.9. The van der Waals surface area contributed by atoms with Crippen LogP contribution in [0.2, 0.25) is 0 Å². The second-order valence-electron chi connectivity index (χ2n) is 5.50. The molecule has 0 unspecified atom stereocenters. The minimum atomic E-state index is -3.89. The molecule has 0 amide bonds. The van der Waals surface area contributed by atoms with Gasteiger partial charge in [0.15, 0.2) is 0 Å². The highest BCUT2D eigenvalue weighted by Gasteiger charge is 2.21. The first kappa shape index (κ1) is 16.0. The van der Waals surface area contributed by atoms with Crippen molar-refractivity contribution >= 4 is 15.7 Å². The van der Waals surface area contributed by atoms with Gasteiger partial charge in [-0.2, -0.15) is 0 Å². The Hall–Kier alpha value is -1.90. The third kappa shape index (κ3) is 3.72. The SMILES string of the molecule is NS(=O)(=O)c1ccc(N2CCN(Cc3ccco3)CC2)c(F)c1. The van der Waals surface area contributed by atoms with E-state index in [9.17, 15) is 12.8 Å². The summed E-state index contributed by atoms with van der Waals surface area (Å²) >= 11 is 0. The molecular weight excluding hydrogens is 321 g/mol. The van der Waals surface area contributed by atoms with E-state index in [0.29, 0.717) is 18.8 Å².